The first-order valence-electron chi connectivity index (χ1n) is 5.80. The van der Waals surface area contributed by atoms with Crippen LogP contribution in [0, 0.1) is 5.92 Å². The van der Waals surface area contributed by atoms with E-state index < -0.39 is 0 Å². The zero-order valence-corrected chi connectivity index (χ0v) is 9.56. The Hall–Kier alpha value is -1.18. The summed E-state index contributed by atoms with van der Waals surface area (Å²) in [5.74, 6) is 0.797. The van der Waals surface area contributed by atoms with Crippen molar-refractivity contribution in [3.63, 3.8) is 0 Å². The summed E-state index contributed by atoms with van der Waals surface area (Å²) in [5, 5.41) is 4.53. The first-order valence-corrected chi connectivity index (χ1v) is 5.80. The predicted molar refractivity (Wildman–Crippen MR) is 61.5 cm³/mol. The summed E-state index contributed by atoms with van der Waals surface area (Å²) >= 11 is 0. The monoisotopic (exact) mass is 203 g/mol. The van der Waals surface area contributed by atoms with Gasteiger partial charge in [-0.05, 0) is 18.5 Å². The van der Waals surface area contributed by atoms with E-state index in [1.165, 1.54) is 12.1 Å². The Balaban J connectivity index is 2.18. The molecule has 0 amide bonds. The van der Waals surface area contributed by atoms with Gasteiger partial charge in [-0.2, -0.15) is 0 Å². The molecule has 2 unspecified atom stereocenters. The number of allylic oxidation sites excluding steroid dienone is 5. The fourth-order valence-corrected chi connectivity index (χ4v) is 1.94. The van der Waals surface area contributed by atoms with E-state index in [4.69, 9.17) is 0 Å². The van der Waals surface area contributed by atoms with Gasteiger partial charge >= 0.3 is 0 Å². The van der Waals surface area contributed by atoms with Crippen molar-refractivity contribution in [3.8, 4) is 0 Å². The lowest BCUT2D eigenvalue weighted by Crippen LogP contribution is -2.14. The van der Waals surface area contributed by atoms with Crippen molar-refractivity contribution in [2.24, 2.45) is 11.0 Å². The van der Waals surface area contributed by atoms with Gasteiger partial charge in [-0.1, -0.05) is 29.8 Å². The number of rotatable bonds is 3. The largest absolute Gasteiger partial charge is 0.209 e. The summed E-state index contributed by atoms with van der Waals surface area (Å²) in [5.41, 5.74) is 1.37. The molecule has 0 heterocycles. The van der Waals surface area contributed by atoms with Crippen molar-refractivity contribution in [2.45, 2.75) is 39.2 Å². The second-order valence-electron chi connectivity index (χ2n) is 4.35. The van der Waals surface area contributed by atoms with Crippen LogP contribution in [-0.4, -0.2) is 10.7 Å². The fourth-order valence-electron chi connectivity index (χ4n) is 1.94. The lowest BCUT2D eigenvalue weighted by atomic mass is 10.1. The normalized spacial score (nSPS) is 30.8. The van der Waals surface area contributed by atoms with E-state index in [2.05, 4.69) is 35.0 Å². The van der Waals surface area contributed by atoms with Crippen molar-refractivity contribution < 1.29 is 4.70 Å². The Morgan fingerprint density at radius 3 is 2.87 bits per heavy atom. The smallest absolute Gasteiger partial charge is 0.0855 e. The molecule has 0 aromatic heterocycles. The number of hydrogen-bond donors (Lipinski definition) is 0. The molecule has 1 fully saturated rings. The Morgan fingerprint density at radius 1 is 1.53 bits per heavy atom. The fraction of sp³-hybridized carbons (Fsp3) is 0.538. The van der Waals surface area contributed by atoms with Gasteiger partial charge in [0.1, 0.15) is 0 Å². The summed E-state index contributed by atoms with van der Waals surface area (Å²) in [4.78, 5) is 0. The lowest BCUT2D eigenvalue weighted by molar-refractivity contribution is -0.562. The minimum absolute atomic E-state index is 0.638. The third-order valence-electron chi connectivity index (χ3n) is 3.01. The van der Waals surface area contributed by atoms with Crippen molar-refractivity contribution in [1.82, 2.24) is 0 Å². The maximum Gasteiger partial charge on any atom is 0.209 e. The van der Waals surface area contributed by atoms with Crippen LogP contribution in [0.3, 0.4) is 0 Å². The molecule has 2 rings (SSSR count). The van der Waals surface area contributed by atoms with Gasteiger partial charge in [0, 0.05) is 24.8 Å². The van der Waals surface area contributed by atoms with Crippen LogP contribution in [-0.2, 0) is 0 Å². The highest BCUT2D eigenvalue weighted by Crippen LogP contribution is 2.36. The number of azo groups is 2. The van der Waals surface area contributed by atoms with Crippen molar-refractivity contribution in [3.05, 3.63) is 36.2 Å². The summed E-state index contributed by atoms with van der Waals surface area (Å²) in [6.45, 7) is 4.30. The van der Waals surface area contributed by atoms with Gasteiger partial charge in [0.25, 0.3) is 0 Å². The van der Waals surface area contributed by atoms with Crippen LogP contribution in [0.2, 0.25) is 0 Å². The topological polar surface area (TPSA) is 15.4 Å². The summed E-state index contributed by atoms with van der Waals surface area (Å²) in [7, 11) is 0. The average molecular weight is 203 g/mol. The minimum atomic E-state index is 0.638. The standard InChI is InChI=1S/C13H19N2/c1-3-9-14-15(13-10-11(13)2)12-7-5-4-6-8-12/h3-5,7,9,11,13H,6,8,10H2,1-2H3/q+1/b9-3+,15-14-. The maximum absolute atomic E-state index is 4.53. The Bertz CT molecular complexity index is 348. The lowest BCUT2D eigenvalue weighted by Gasteiger charge is -2.04. The number of hydrogen-bond acceptors (Lipinski definition) is 1. The molecule has 0 radical (unpaired) electrons. The first-order chi connectivity index (χ1) is 7.33. The van der Waals surface area contributed by atoms with Crippen LogP contribution < -0.4 is 0 Å². The minimum Gasteiger partial charge on any atom is -0.0855 e. The van der Waals surface area contributed by atoms with Crippen LogP contribution in [0.25, 0.3) is 0 Å². The van der Waals surface area contributed by atoms with Crippen LogP contribution in [0.4, 0.5) is 0 Å². The Labute approximate surface area is 91.7 Å². The molecule has 0 aromatic rings. The molecule has 0 aliphatic heterocycles. The summed E-state index contributed by atoms with van der Waals surface area (Å²) in [6.07, 6.45) is 14.0. The van der Waals surface area contributed by atoms with Gasteiger partial charge in [0.2, 0.25) is 5.70 Å². The molecule has 2 aliphatic carbocycles. The van der Waals surface area contributed by atoms with Crippen LogP contribution in [0.5, 0.6) is 0 Å². The zero-order chi connectivity index (χ0) is 10.7. The van der Waals surface area contributed by atoms with E-state index in [0.717, 1.165) is 18.8 Å². The van der Waals surface area contributed by atoms with E-state index in [1.807, 2.05) is 19.2 Å². The molecule has 2 aliphatic rings. The molecular formula is C13H19N2+. The highest BCUT2D eigenvalue weighted by molar-refractivity contribution is 5.12. The van der Waals surface area contributed by atoms with Gasteiger partial charge in [0.15, 0.2) is 6.04 Å². The third kappa shape index (κ3) is 2.44. The molecule has 80 valence electrons. The predicted octanol–water partition coefficient (Wildman–Crippen LogP) is 3.63. The van der Waals surface area contributed by atoms with Crippen molar-refractivity contribution in [2.75, 3.05) is 0 Å². The van der Waals surface area contributed by atoms with Gasteiger partial charge in [-0.25, -0.2) is 0 Å². The number of nitrogens with zero attached hydrogens (tertiary/aromatic N) is 2. The van der Waals surface area contributed by atoms with Gasteiger partial charge in [-0.15, -0.1) is 0 Å². The van der Waals surface area contributed by atoms with Crippen LogP contribution >= 0.6 is 0 Å². The average Bonchev–Trinajstić information content (AvgIpc) is 2.98. The highest BCUT2D eigenvalue weighted by Gasteiger charge is 2.46. The molecule has 1 saturated carbocycles. The van der Waals surface area contributed by atoms with Gasteiger partial charge in [0.05, 0.1) is 6.20 Å². The molecule has 15 heavy (non-hydrogen) atoms. The molecule has 0 aromatic carbocycles. The summed E-state index contributed by atoms with van der Waals surface area (Å²) in [6, 6.07) is 0.638. The first kappa shape index (κ1) is 10.3. The SMILES string of the molecule is C/C=C/N=[N+](/C1=CC=CCC1)C1CC1C. The Morgan fingerprint density at radius 2 is 2.33 bits per heavy atom. The highest BCUT2D eigenvalue weighted by atomic mass is 15.3. The van der Waals surface area contributed by atoms with E-state index in [1.54, 1.807) is 0 Å². The second kappa shape index (κ2) is 4.56. The van der Waals surface area contributed by atoms with E-state index in [9.17, 15) is 0 Å². The molecule has 0 saturated heterocycles. The van der Waals surface area contributed by atoms with Crippen molar-refractivity contribution >= 4 is 0 Å². The van der Waals surface area contributed by atoms with Gasteiger partial charge in [-0.3, -0.25) is 0 Å². The second-order valence-corrected chi connectivity index (χ2v) is 4.35. The zero-order valence-electron chi connectivity index (χ0n) is 9.56. The molecule has 0 spiro atoms. The van der Waals surface area contributed by atoms with E-state index in [-0.39, 0.29) is 0 Å². The van der Waals surface area contributed by atoms with E-state index >= 15 is 0 Å². The molecule has 0 N–H and O–H groups in total. The summed E-state index contributed by atoms with van der Waals surface area (Å²) < 4.78 is 2.22. The molecule has 0 bridgehead atoms. The van der Waals surface area contributed by atoms with E-state index in [0.29, 0.717) is 6.04 Å². The molecule has 2 atom stereocenters. The van der Waals surface area contributed by atoms with Crippen LogP contribution in [0.1, 0.15) is 33.1 Å². The maximum atomic E-state index is 4.53. The van der Waals surface area contributed by atoms with Crippen LogP contribution in [0.15, 0.2) is 41.3 Å². The van der Waals surface area contributed by atoms with Crippen molar-refractivity contribution in [1.29, 1.82) is 0 Å². The quantitative estimate of drug-likeness (QED) is 0.491. The third-order valence-corrected chi connectivity index (χ3v) is 3.01. The molecular weight excluding hydrogens is 184 g/mol. The molecule has 2 heteroatoms. The van der Waals surface area contributed by atoms with Gasteiger partial charge < -0.3 is 0 Å². The Kier molecular flexibility index (Phi) is 3.14. The molecule has 2 nitrogen and oxygen atoms in total.